The first kappa shape index (κ1) is 19.4. The Hall–Kier alpha value is -2.38. The summed E-state index contributed by atoms with van der Waals surface area (Å²) < 4.78 is 12.4. The average Bonchev–Trinajstić information content (AvgIpc) is 2.99. The number of thioether (sulfide) groups is 1. The van der Waals surface area contributed by atoms with Crippen molar-refractivity contribution in [1.29, 1.82) is 0 Å². The monoisotopic (exact) mass is 405 g/mol. The van der Waals surface area contributed by atoms with E-state index >= 15 is 0 Å². The lowest BCUT2D eigenvalue weighted by molar-refractivity contribution is -0.116. The van der Waals surface area contributed by atoms with Crippen molar-refractivity contribution in [3.63, 3.8) is 0 Å². The van der Waals surface area contributed by atoms with Gasteiger partial charge in [-0.15, -0.1) is 0 Å². The lowest BCUT2D eigenvalue weighted by Gasteiger charge is -2.14. The van der Waals surface area contributed by atoms with Crippen molar-refractivity contribution in [2.24, 2.45) is 0 Å². The zero-order valence-corrected chi connectivity index (χ0v) is 16.9. The van der Waals surface area contributed by atoms with Crippen molar-refractivity contribution in [1.82, 2.24) is 9.55 Å². The zero-order chi connectivity index (χ0) is 19.4. The summed E-state index contributed by atoms with van der Waals surface area (Å²) in [4.78, 5) is 17.4. The molecule has 1 N–H and O–H groups in total. The molecule has 0 saturated carbocycles. The zero-order valence-electron chi connectivity index (χ0n) is 15.3. The second kappa shape index (κ2) is 8.54. The number of aromatic nitrogens is 2. The molecule has 0 radical (unpaired) electrons. The number of carbonyl (C=O) groups is 1. The summed E-state index contributed by atoms with van der Waals surface area (Å²) in [6.07, 6.45) is 2.01. The predicted octanol–water partition coefficient (Wildman–Crippen LogP) is 4.21. The minimum Gasteiger partial charge on any atom is -0.495 e. The van der Waals surface area contributed by atoms with Gasteiger partial charge in [-0.2, -0.15) is 11.8 Å². The van der Waals surface area contributed by atoms with E-state index in [0.717, 1.165) is 22.6 Å². The minimum absolute atomic E-state index is 0.142. The number of para-hydroxylation sites is 2. The fraction of sp³-hybridized carbons (Fsp3) is 0.263. The van der Waals surface area contributed by atoms with Crippen LogP contribution >= 0.6 is 23.4 Å². The molecule has 1 aromatic heterocycles. The third-order valence-corrected chi connectivity index (χ3v) is 4.90. The van der Waals surface area contributed by atoms with Gasteiger partial charge in [-0.3, -0.25) is 4.79 Å². The van der Waals surface area contributed by atoms with Gasteiger partial charge in [-0.25, -0.2) is 4.98 Å². The van der Waals surface area contributed by atoms with Crippen LogP contribution in [0.5, 0.6) is 11.5 Å². The first-order valence-electron chi connectivity index (χ1n) is 8.21. The molecule has 3 aromatic rings. The molecule has 0 aliphatic rings. The van der Waals surface area contributed by atoms with E-state index in [1.54, 1.807) is 23.9 Å². The van der Waals surface area contributed by atoms with Crippen LogP contribution in [0.4, 0.5) is 5.69 Å². The summed E-state index contributed by atoms with van der Waals surface area (Å²) in [5.74, 6) is 2.34. The SMILES string of the molecule is COc1cc(OC)c(NC(=O)Cn2c(CSC)nc3ccccc32)cc1Cl. The number of nitrogens with zero attached hydrogens (tertiary/aromatic N) is 2. The van der Waals surface area contributed by atoms with Gasteiger partial charge < -0.3 is 19.4 Å². The van der Waals surface area contributed by atoms with Gasteiger partial charge in [0.1, 0.15) is 23.9 Å². The van der Waals surface area contributed by atoms with Crippen LogP contribution in [0.25, 0.3) is 11.0 Å². The Kier molecular flexibility index (Phi) is 6.13. The molecule has 6 nitrogen and oxygen atoms in total. The molecule has 3 rings (SSSR count). The number of halogens is 1. The molecule has 8 heteroatoms. The van der Waals surface area contributed by atoms with Crippen molar-refractivity contribution in [2.45, 2.75) is 12.3 Å². The van der Waals surface area contributed by atoms with E-state index in [-0.39, 0.29) is 12.5 Å². The molecular weight excluding hydrogens is 386 g/mol. The van der Waals surface area contributed by atoms with Crippen molar-refractivity contribution in [2.75, 3.05) is 25.8 Å². The van der Waals surface area contributed by atoms with Gasteiger partial charge in [0.2, 0.25) is 5.91 Å². The molecule has 2 aromatic carbocycles. The van der Waals surface area contributed by atoms with Gasteiger partial charge in [0, 0.05) is 6.07 Å². The van der Waals surface area contributed by atoms with Gasteiger partial charge in [-0.05, 0) is 24.5 Å². The van der Waals surface area contributed by atoms with Crippen molar-refractivity contribution >= 4 is 46.0 Å². The Morgan fingerprint density at radius 2 is 1.96 bits per heavy atom. The van der Waals surface area contributed by atoms with Crippen LogP contribution in [0.1, 0.15) is 5.82 Å². The van der Waals surface area contributed by atoms with Crippen molar-refractivity contribution in [3.8, 4) is 11.5 Å². The number of imidazole rings is 1. The molecule has 0 spiro atoms. The molecule has 142 valence electrons. The Labute approximate surface area is 166 Å². The van der Waals surface area contributed by atoms with E-state index in [1.165, 1.54) is 14.2 Å². The lowest BCUT2D eigenvalue weighted by Crippen LogP contribution is -2.20. The Morgan fingerprint density at radius 1 is 1.22 bits per heavy atom. The van der Waals surface area contributed by atoms with Crippen LogP contribution in [0.15, 0.2) is 36.4 Å². The summed E-state index contributed by atoms with van der Waals surface area (Å²) in [5.41, 5.74) is 2.29. The summed E-state index contributed by atoms with van der Waals surface area (Å²) in [7, 11) is 3.05. The van der Waals surface area contributed by atoms with Crippen LogP contribution in [-0.2, 0) is 17.1 Å². The third kappa shape index (κ3) is 4.14. The molecule has 0 unspecified atom stereocenters. The van der Waals surface area contributed by atoms with E-state index in [4.69, 9.17) is 21.1 Å². The highest BCUT2D eigenvalue weighted by Crippen LogP contribution is 2.36. The molecule has 0 saturated heterocycles. The molecule has 0 atom stereocenters. The maximum absolute atomic E-state index is 12.7. The Balaban J connectivity index is 1.88. The quantitative estimate of drug-likeness (QED) is 0.637. The van der Waals surface area contributed by atoms with Gasteiger partial charge in [0.05, 0.1) is 41.7 Å². The largest absolute Gasteiger partial charge is 0.495 e. The second-order valence-corrected chi connectivity index (χ2v) is 7.04. The minimum atomic E-state index is -0.194. The van der Waals surface area contributed by atoms with Gasteiger partial charge >= 0.3 is 0 Å². The highest BCUT2D eigenvalue weighted by Gasteiger charge is 2.16. The van der Waals surface area contributed by atoms with Crippen LogP contribution < -0.4 is 14.8 Å². The molecular formula is C19H20ClN3O3S. The first-order valence-corrected chi connectivity index (χ1v) is 9.99. The number of amides is 1. The number of anilines is 1. The number of rotatable bonds is 7. The molecule has 27 heavy (non-hydrogen) atoms. The average molecular weight is 406 g/mol. The molecule has 0 aliphatic carbocycles. The van der Waals surface area contributed by atoms with E-state index < -0.39 is 0 Å². The fourth-order valence-corrected chi connectivity index (χ4v) is 3.55. The number of nitrogens with one attached hydrogen (secondary N) is 1. The number of hydrogen-bond donors (Lipinski definition) is 1. The topological polar surface area (TPSA) is 65.4 Å². The Morgan fingerprint density at radius 3 is 2.67 bits per heavy atom. The molecule has 0 fully saturated rings. The van der Waals surface area contributed by atoms with Gasteiger partial charge in [-0.1, -0.05) is 23.7 Å². The summed E-state index contributed by atoms with van der Waals surface area (Å²) in [6, 6.07) is 11.0. The number of ether oxygens (including phenoxy) is 2. The number of benzene rings is 2. The predicted molar refractivity (Wildman–Crippen MR) is 110 cm³/mol. The number of methoxy groups -OCH3 is 2. The van der Waals surface area contributed by atoms with Crippen molar-refractivity contribution in [3.05, 3.63) is 47.2 Å². The summed E-state index contributed by atoms with van der Waals surface area (Å²) in [5, 5.41) is 3.26. The number of carbonyl (C=O) groups excluding carboxylic acids is 1. The van der Waals surface area contributed by atoms with E-state index in [0.29, 0.717) is 22.2 Å². The molecule has 0 aliphatic heterocycles. The Bertz CT molecular complexity index is 974. The second-order valence-electron chi connectivity index (χ2n) is 5.77. The normalized spacial score (nSPS) is 10.8. The lowest BCUT2D eigenvalue weighted by atomic mass is 10.2. The summed E-state index contributed by atoms with van der Waals surface area (Å²) >= 11 is 7.84. The number of hydrogen-bond acceptors (Lipinski definition) is 5. The maximum Gasteiger partial charge on any atom is 0.244 e. The van der Waals surface area contributed by atoms with Crippen LogP contribution in [0.2, 0.25) is 5.02 Å². The molecule has 1 heterocycles. The molecule has 1 amide bonds. The fourth-order valence-electron chi connectivity index (χ4n) is 2.83. The first-order chi connectivity index (χ1) is 13.1. The third-order valence-electron chi connectivity index (χ3n) is 4.06. The van der Waals surface area contributed by atoms with Gasteiger partial charge in [0.15, 0.2) is 0 Å². The highest BCUT2D eigenvalue weighted by atomic mass is 35.5. The van der Waals surface area contributed by atoms with Crippen LogP contribution in [0.3, 0.4) is 0 Å². The maximum atomic E-state index is 12.7. The molecule has 0 bridgehead atoms. The highest BCUT2D eigenvalue weighted by molar-refractivity contribution is 7.97. The van der Waals surface area contributed by atoms with E-state index in [9.17, 15) is 4.79 Å². The standard InChI is InChI=1S/C19H20ClN3O3S/c1-25-16-9-17(26-2)14(8-12(16)20)22-19(24)10-23-15-7-5-4-6-13(15)21-18(23)11-27-3/h4-9H,10-11H2,1-3H3,(H,22,24). The number of fused-ring (bicyclic) bond motifs is 1. The van der Waals surface area contributed by atoms with Crippen LogP contribution in [0, 0.1) is 0 Å². The van der Waals surface area contributed by atoms with Gasteiger partial charge in [0.25, 0.3) is 0 Å². The smallest absolute Gasteiger partial charge is 0.244 e. The van der Waals surface area contributed by atoms with Crippen LogP contribution in [-0.4, -0.2) is 35.9 Å². The van der Waals surface area contributed by atoms with E-state index in [2.05, 4.69) is 10.3 Å². The van der Waals surface area contributed by atoms with E-state index in [1.807, 2.05) is 35.1 Å². The van der Waals surface area contributed by atoms with Crippen molar-refractivity contribution < 1.29 is 14.3 Å². The summed E-state index contributed by atoms with van der Waals surface area (Å²) in [6.45, 7) is 0.142.